The largest absolute Gasteiger partial charge is 0.493 e. The smallest absolute Gasteiger partial charge is 0.196 e. The number of halogens is 1. The number of aromatic nitrogens is 1. The van der Waals surface area contributed by atoms with E-state index < -0.39 is 0 Å². The number of benzene rings is 1. The Morgan fingerprint density at radius 3 is 2.62 bits per heavy atom. The average Bonchev–Trinajstić information content (AvgIpc) is 2.60. The molecule has 0 amide bonds. The van der Waals surface area contributed by atoms with Crippen molar-refractivity contribution in [2.75, 3.05) is 25.6 Å². The molecule has 0 aliphatic rings. The summed E-state index contributed by atoms with van der Waals surface area (Å²) in [6.45, 7) is 7.80. The summed E-state index contributed by atoms with van der Waals surface area (Å²) < 4.78 is 10.9. The Kier molecular flexibility index (Phi) is 9.79. The number of aliphatic imine (C=N–C) groups is 1. The van der Waals surface area contributed by atoms with E-state index in [0.717, 1.165) is 23.6 Å². The van der Waals surface area contributed by atoms with Gasteiger partial charge in [0.1, 0.15) is 0 Å². The Balaban J connectivity index is 0.00000338. The second-order valence-electron chi connectivity index (χ2n) is 5.39. The Hall–Kier alpha value is -2.03. The third kappa shape index (κ3) is 6.70. The first-order chi connectivity index (χ1) is 12.2. The van der Waals surface area contributed by atoms with Crippen LogP contribution in [0.15, 0.2) is 41.4 Å². The summed E-state index contributed by atoms with van der Waals surface area (Å²) in [5.74, 6) is 2.10. The number of guanidine groups is 1. The summed E-state index contributed by atoms with van der Waals surface area (Å²) in [5.41, 5.74) is 2.80. The van der Waals surface area contributed by atoms with Gasteiger partial charge in [-0.1, -0.05) is 6.07 Å². The first-order valence-corrected chi connectivity index (χ1v) is 8.45. The van der Waals surface area contributed by atoms with Gasteiger partial charge in [0.25, 0.3) is 0 Å². The third-order valence-electron chi connectivity index (χ3n) is 3.42. The predicted octanol–water partition coefficient (Wildman–Crippen LogP) is 3.99. The number of hydrogen-bond donors (Lipinski definition) is 2. The molecule has 26 heavy (non-hydrogen) atoms. The molecule has 6 nitrogen and oxygen atoms in total. The number of nitrogens with one attached hydrogen (secondary N) is 2. The molecule has 1 heterocycles. The molecule has 2 aromatic rings. The van der Waals surface area contributed by atoms with Crippen molar-refractivity contribution in [1.82, 2.24) is 10.3 Å². The minimum absolute atomic E-state index is 0. The topological polar surface area (TPSA) is 67.8 Å². The normalized spacial score (nSPS) is 10.7. The van der Waals surface area contributed by atoms with Crippen LogP contribution in [0.5, 0.6) is 11.5 Å². The number of rotatable bonds is 7. The first kappa shape index (κ1) is 22.0. The van der Waals surface area contributed by atoms with Crippen LogP contribution in [0, 0.1) is 6.92 Å². The molecule has 2 N–H and O–H groups in total. The molecule has 0 fully saturated rings. The summed E-state index contributed by atoms with van der Waals surface area (Å²) in [7, 11) is 1.63. The van der Waals surface area contributed by atoms with E-state index in [4.69, 9.17) is 9.47 Å². The first-order valence-electron chi connectivity index (χ1n) is 8.45. The molecular formula is C19H27IN4O2. The average molecular weight is 470 g/mol. The number of methoxy groups -OCH3 is 1. The Labute approximate surface area is 172 Å². The number of hydrogen-bond acceptors (Lipinski definition) is 4. The van der Waals surface area contributed by atoms with Crippen molar-refractivity contribution in [2.45, 2.75) is 27.3 Å². The van der Waals surface area contributed by atoms with Crippen molar-refractivity contribution in [2.24, 2.45) is 4.99 Å². The standard InChI is InChI=1S/C19H26N4O2.HI/c1-5-20-19(21-13-16-9-7-8-14(3)22-16)23-15-10-11-17(24-4)18(12-15)25-6-2;/h7-12H,5-6,13H2,1-4H3,(H2,20,21,23);1H. The predicted molar refractivity (Wildman–Crippen MR) is 117 cm³/mol. The molecule has 1 aromatic heterocycles. The molecule has 1 aromatic carbocycles. The van der Waals surface area contributed by atoms with Crippen LogP contribution in [0.2, 0.25) is 0 Å². The van der Waals surface area contributed by atoms with Gasteiger partial charge in [-0.2, -0.15) is 0 Å². The van der Waals surface area contributed by atoms with Crippen LogP contribution in [0.4, 0.5) is 5.69 Å². The SMILES string of the molecule is CCNC(=NCc1cccc(C)n1)Nc1ccc(OC)c(OCC)c1.I. The molecule has 142 valence electrons. The van der Waals surface area contributed by atoms with Crippen molar-refractivity contribution in [1.29, 1.82) is 0 Å². The van der Waals surface area contributed by atoms with Crippen LogP contribution >= 0.6 is 24.0 Å². The summed E-state index contributed by atoms with van der Waals surface area (Å²) in [6.07, 6.45) is 0. The van der Waals surface area contributed by atoms with Crippen molar-refractivity contribution in [3.8, 4) is 11.5 Å². The number of aryl methyl sites for hydroxylation is 1. The molecule has 0 unspecified atom stereocenters. The van der Waals surface area contributed by atoms with E-state index in [2.05, 4.69) is 20.6 Å². The second kappa shape index (κ2) is 11.6. The van der Waals surface area contributed by atoms with E-state index in [1.54, 1.807) is 7.11 Å². The number of ether oxygens (including phenoxy) is 2. The summed E-state index contributed by atoms with van der Waals surface area (Å²) in [5, 5.41) is 6.53. The van der Waals surface area contributed by atoms with Crippen molar-refractivity contribution in [3.63, 3.8) is 0 Å². The van der Waals surface area contributed by atoms with Crippen LogP contribution in [0.1, 0.15) is 25.2 Å². The summed E-state index contributed by atoms with van der Waals surface area (Å²) in [6, 6.07) is 11.6. The Bertz CT molecular complexity index is 722. The van der Waals surface area contributed by atoms with E-state index in [9.17, 15) is 0 Å². The molecule has 0 saturated heterocycles. The Morgan fingerprint density at radius 2 is 1.96 bits per heavy atom. The van der Waals surface area contributed by atoms with E-state index >= 15 is 0 Å². The minimum Gasteiger partial charge on any atom is -0.493 e. The van der Waals surface area contributed by atoms with Gasteiger partial charge >= 0.3 is 0 Å². The van der Waals surface area contributed by atoms with E-state index in [-0.39, 0.29) is 24.0 Å². The number of nitrogens with zero attached hydrogens (tertiary/aromatic N) is 2. The fourth-order valence-corrected chi connectivity index (χ4v) is 2.31. The van der Waals surface area contributed by atoms with Crippen molar-refractivity contribution in [3.05, 3.63) is 47.8 Å². The lowest BCUT2D eigenvalue weighted by Gasteiger charge is -2.14. The fraction of sp³-hybridized carbons (Fsp3) is 0.368. The lowest BCUT2D eigenvalue weighted by Crippen LogP contribution is -2.30. The van der Waals surface area contributed by atoms with E-state index in [0.29, 0.717) is 30.6 Å². The molecule has 7 heteroatoms. The molecule has 0 aliphatic carbocycles. The lowest BCUT2D eigenvalue weighted by atomic mass is 10.2. The lowest BCUT2D eigenvalue weighted by molar-refractivity contribution is 0.311. The van der Waals surface area contributed by atoms with Crippen LogP contribution in [-0.2, 0) is 6.54 Å². The minimum atomic E-state index is 0. The maximum absolute atomic E-state index is 5.62. The number of pyridine rings is 1. The zero-order valence-corrected chi connectivity index (χ0v) is 18.0. The molecule has 0 atom stereocenters. The fourth-order valence-electron chi connectivity index (χ4n) is 2.31. The molecular weight excluding hydrogens is 443 g/mol. The molecule has 2 rings (SSSR count). The molecule has 0 aliphatic heterocycles. The highest BCUT2D eigenvalue weighted by molar-refractivity contribution is 14.0. The van der Waals surface area contributed by atoms with Crippen molar-refractivity contribution < 1.29 is 9.47 Å². The quantitative estimate of drug-likeness (QED) is 0.364. The summed E-state index contributed by atoms with van der Waals surface area (Å²) >= 11 is 0. The van der Waals surface area contributed by atoms with Gasteiger partial charge in [-0.3, -0.25) is 4.98 Å². The van der Waals surface area contributed by atoms with Gasteiger partial charge in [0, 0.05) is 24.0 Å². The summed E-state index contributed by atoms with van der Waals surface area (Å²) in [4.78, 5) is 9.07. The van der Waals surface area contributed by atoms with Gasteiger partial charge in [0.2, 0.25) is 0 Å². The second-order valence-corrected chi connectivity index (χ2v) is 5.39. The zero-order valence-electron chi connectivity index (χ0n) is 15.7. The molecule has 0 saturated carbocycles. The molecule has 0 radical (unpaired) electrons. The van der Waals surface area contributed by atoms with Gasteiger partial charge in [0.05, 0.1) is 26.0 Å². The molecule has 0 bridgehead atoms. The maximum atomic E-state index is 5.62. The monoisotopic (exact) mass is 470 g/mol. The highest BCUT2D eigenvalue weighted by atomic mass is 127. The zero-order chi connectivity index (χ0) is 18.1. The van der Waals surface area contributed by atoms with E-state index in [1.165, 1.54) is 0 Å². The maximum Gasteiger partial charge on any atom is 0.196 e. The highest BCUT2D eigenvalue weighted by Gasteiger charge is 2.07. The van der Waals surface area contributed by atoms with Gasteiger partial charge in [-0.15, -0.1) is 24.0 Å². The van der Waals surface area contributed by atoms with Gasteiger partial charge in [0.15, 0.2) is 17.5 Å². The van der Waals surface area contributed by atoms with Crippen LogP contribution in [0.25, 0.3) is 0 Å². The third-order valence-corrected chi connectivity index (χ3v) is 3.42. The van der Waals surface area contributed by atoms with Crippen LogP contribution in [0.3, 0.4) is 0 Å². The highest BCUT2D eigenvalue weighted by Crippen LogP contribution is 2.30. The number of anilines is 1. The van der Waals surface area contributed by atoms with Gasteiger partial charge in [-0.05, 0) is 45.0 Å². The Morgan fingerprint density at radius 1 is 1.15 bits per heavy atom. The van der Waals surface area contributed by atoms with Gasteiger partial charge in [-0.25, -0.2) is 4.99 Å². The van der Waals surface area contributed by atoms with Gasteiger partial charge < -0.3 is 20.1 Å². The van der Waals surface area contributed by atoms with Crippen LogP contribution < -0.4 is 20.1 Å². The van der Waals surface area contributed by atoms with Crippen LogP contribution in [-0.4, -0.2) is 31.2 Å². The molecule has 0 spiro atoms. The van der Waals surface area contributed by atoms with E-state index in [1.807, 2.05) is 57.2 Å². The van der Waals surface area contributed by atoms with Crippen molar-refractivity contribution >= 4 is 35.6 Å².